The lowest BCUT2D eigenvalue weighted by molar-refractivity contribution is 0.394. The lowest BCUT2D eigenvalue weighted by atomic mass is 10.1. The summed E-state index contributed by atoms with van der Waals surface area (Å²) in [5.41, 5.74) is 2.50. The number of hydrogen-bond donors (Lipinski definition) is 0. The molecule has 0 aromatic heterocycles. The fourth-order valence-electron chi connectivity index (χ4n) is 1.78. The van der Waals surface area contributed by atoms with E-state index in [1.807, 2.05) is 6.07 Å². The highest BCUT2D eigenvalue weighted by atomic mass is 127. The monoisotopic (exact) mass is 390 g/mol. The molecule has 19 heavy (non-hydrogen) atoms. The van der Waals surface area contributed by atoms with Crippen LogP contribution in [0.3, 0.4) is 0 Å². The summed E-state index contributed by atoms with van der Waals surface area (Å²) in [5, 5.41) is 0. The fourth-order valence-corrected chi connectivity index (χ4v) is 6.72. The van der Waals surface area contributed by atoms with E-state index in [2.05, 4.69) is 61.3 Å². The van der Waals surface area contributed by atoms with Crippen molar-refractivity contribution >= 4 is 36.2 Å². The van der Waals surface area contributed by atoms with Crippen molar-refractivity contribution < 1.29 is 9.47 Å². The molecule has 106 valence electrons. The van der Waals surface area contributed by atoms with Crippen LogP contribution in [0.4, 0.5) is 0 Å². The Morgan fingerprint density at radius 2 is 1.53 bits per heavy atom. The van der Waals surface area contributed by atoms with Crippen LogP contribution in [0.5, 0.6) is 11.5 Å². The standard InChI is InChI=1S/C15H23IO2Si/c1-11(15(16)10-19(4,5)6)12-7-13(17-2)9-14(8-12)18-3/h7-9H,10H2,1-6H3/b15-11-. The van der Waals surface area contributed by atoms with Crippen LogP contribution in [0.15, 0.2) is 21.8 Å². The first-order valence-electron chi connectivity index (χ1n) is 6.35. The molecule has 0 radical (unpaired) electrons. The summed E-state index contributed by atoms with van der Waals surface area (Å²) in [6, 6.07) is 7.25. The summed E-state index contributed by atoms with van der Waals surface area (Å²) in [6.45, 7) is 9.36. The van der Waals surface area contributed by atoms with Crippen LogP contribution in [0.2, 0.25) is 25.7 Å². The van der Waals surface area contributed by atoms with Crippen molar-refractivity contribution in [3.8, 4) is 11.5 Å². The topological polar surface area (TPSA) is 18.5 Å². The Kier molecular flexibility index (Phi) is 5.92. The Balaban J connectivity index is 3.17. The maximum atomic E-state index is 5.33. The molecule has 0 fully saturated rings. The van der Waals surface area contributed by atoms with Gasteiger partial charge in [-0.1, -0.05) is 19.6 Å². The van der Waals surface area contributed by atoms with Crippen molar-refractivity contribution in [1.82, 2.24) is 0 Å². The van der Waals surface area contributed by atoms with Crippen LogP contribution in [-0.4, -0.2) is 22.3 Å². The third-order valence-electron chi connectivity index (χ3n) is 2.88. The van der Waals surface area contributed by atoms with Crippen molar-refractivity contribution in [1.29, 1.82) is 0 Å². The van der Waals surface area contributed by atoms with Crippen molar-refractivity contribution in [2.24, 2.45) is 0 Å². The van der Waals surface area contributed by atoms with Gasteiger partial charge in [-0.2, -0.15) is 0 Å². The second-order valence-electron chi connectivity index (χ2n) is 5.87. The van der Waals surface area contributed by atoms with Gasteiger partial charge in [-0.3, -0.25) is 0 Å². The SMILES string of the molecule is COc1cc(OC)cc(/C(C)=C(\I)C[Si](C)(C)C)c1. The van der Waals surface area contributed by atoms with E-state index in [9.17, 15) is 0 Å². The zero-order valence-corrected chi connectivity index (χ0v) is 15.8. The summed E-state index contributed by atoms with van der Waals surface area (Å²) >= 11 is 2.48. The Hall–Kier alpha value is -0.493. The number of halogens is 1. The summed E-state index contributed by atoms with van der Waals surface area (Å²) in [6.07, 6.45) is 0. The lowest BCUT2D eigenvalue weighted by Crippen LogP contribution is -2.19. The van der Waals surface area contributed by atoms with E-state index in [1.165, 1.54) is 20.8 Å². The van der Waals surface area contributed by atoms with Gasteiger partial charge in [-0.15, -0.1) is 0 Å². The van der Waals surface area contributed by atoms with Gasteiger partial charge in [0.1, 0.15) is 11.5 Å². The lowest BCUT2D eigenvalue weighted by Gasteiger charge is -2.17. The first-order valence-corrected chi connectivity index (χ1v) is 11.1. The van der Waals surface area contributed by atoms with Crippen LogP contribution >= 0.6 is 22.6 Å². The number of ether oxygens (including phenoxy) is 2. The van der Waals surface area contributed by atoms with Crippen LogP contribution in [0.1, 0.15) is 12.5 Å². The second kappa shape index (κ2) is 6.79. The molecule has 1 aromatic carbocycles. The Labute approximate surface area is 131 Å². The van der Waals surface area contributed by atoms with E-state index in [1.54, 1.807) is 14.2 Å². The van der Waals surface area contributed by atoms with Crippen LogP contribution < -0.4 is 9.47 Å². The predicted molar refractivity (Wildman–Crippen MR) is 94.3 cm³/mol. The molecule has 0 atom stereocenters. The number of methoxy groups -OCH3 is 2. The van der Waals surface area contributed by atoms with Crippen molar-refractivity contribution in [3.05, 3.63) is 27.3 Å². The van der Waals surface area contributed by atoms with Gasteiger partial charge in [0.15, 0.2) is 0 Å². The molecule has 0 spiro atoms. The minimum Gasteiger partial charge on any atom is -0.497 e. The quantitative estimate of drug-likeness (QED) is 0.508. The van der Waals surface area contributed by atoms with Crippen molar-refractivity contribution in [2.75, 3.05) is 14.2 Å². The Morgan fingerprint density at radius 1 is 1.05 bits per heavy atom. The van der Waals surface area contributed by atoms with Gasteiger partial charge in [-0.25, -0.2) is 0 Å². The highest BCUT2D eigenvalue weighted by molar-refractivity contribution is 14.1. The van der Waals surface area contributed by atoms with Gasteiger partial charge >= 0.3 is 0 Å². The van der Waals surface area contributed by atoms with E-state index in [0.717, 1.165) is 11.5 Å². The van der Waals surface area contributed by atoms with Gasteiger partial charge in [0, 0.05) is 14.1 Å². The van der Waals surface area contributed by atoms with Crippen LogP contribution in [-0.2, 0) is 0 Å². The van der Waals surface area contributed by atoms with E-state index in [0.29, 0.717) is 0 Å². The molecule has 0 amide bonds. The summed E-state index contributed by atoms with van der Waals surface area (Å²) < 4.78 is 12.1. The van der Waals surface area contributed by atoms with Gasteiger partial charge in [0.25, 0.3) is 0 Å². The van der Waals surface area contributed by atoms with Crippen LogP contribution in [0, 0.1) is 0 Å². The van der Waals surface area contributed by atoms with E-state index < -0.39 is 8.07 Å². The molecule has 1 aromatic rings. The maximum absolute atomic E-state index is 5.33. The molecule has 0 heterocycles. The average molecular weight is 390 g/mol. The summed E-state index contributed by atoms with van der Waals surface area (Å²) in [7, 11) is 2.28. The number of allylic oxidation sites excluding steroid dienone is 2. The van der Waals surface area contributed by atoms with Gasteiger partial charge in [-0.05, 0) is 62.4 Å². The minimum absolute atomic E-state index is 0.839. The second-order valence-corrected chi connectivity index (χ2v) is 12.6. The normalized spacial score (nSPS) is 13.0. The number of benzene rings is 1. The number of hydrogen-bond acceptors (Lipinski definition) is 2. The fraction of sp³-hybridized carbons (Fsp3) is 0.467. The van der Waals surface area contributed by atoms with Gasteiger partial charge in [0.05, 0.1) is 14.2 Å². The van der Waals surface area contributed by atoms with E-state index in [-0.39, 0.29) is 0 Å². The largest absolute Gasteiger partial charge is 0.497 e. The first kappa shape index (κ1) is 16.6. The van der Waals surface area contributed by atoms with Crippen LogP contribution in [0.25, 0.3) is 5.57 Å². The molecule has 0 unspecified atom stereocenters. The third-order valence-corrected chi connectivity index (χ3v) is 6.20. The molecule has 0 aliphatic rings. The predicted octanol–water partition coefficient (Wildman–Crippen LogP) is 5.21. The molecule has 0 bridgehead atoms. The van der Waals surface area contributed by atoms with Crippen molar-refractivity contribution in [2.45, 2.75) is 32.6 Å². The zero-order chi connectivity index (χ0) is 14.6. The molecule has 4 heteroatoms. The molecule has 0 saturated heterocycles. The van der Waals surface area contributed by atoms with E-state index >= 15 is 0 Å². The smallest absolute Gasteiger partial charge is 0.123 e. The third kappa shape index (κ3) is 5.18. The number of rotatable bonds is 5. The Morgan fingerprint density at radius 3 is 1.89 bits per heavy atom. The van der Waals surface area contributed by atoms with Crippen molar-refractivity contribution in [3.63, 3.8) is 0 Å². The molecular formula is C15H23IO2Si. The molecule has 0 aliphatic heterocycles. The zero-order valence-electron chi connectivity index (χ0n) is 12.6. The Bertz CT molecular complexity index is 453. The van der Waals surface area contributed by atoms with Gasteiger partial charge < -0.3 is 9.47 Å². The van der Waals surface area contributed by atoms with E-state index in [4.69, 9.17) is 9.47 Å². The van der Waals surface area contributed by atoms with Gasteiger partial charge in [0.2, 0.25) is 0 Å². The summed E-state index contributed by atoms with van der Waals surface area (Å²) in [5.74, 6) is 1.68. The molecule has 0 saturated carbocycles. The highest BCUT2D eigenvalue weighted by Gasteiger charge is 2.16. The highest BCUT2D eigenvalue weighted by Crippen LogP contribution is 2.33. The summed E-state index contributed by atoms with van der Waals surface area (Å²) in [4.78, 5) is 0. The molecule has 1 rings (SSSR count). The molecule has 0 aliphatic carbocycles. The molecule has 2 nitrogen and oxygen atoms in total. The maximum Gasteiger partial charge on any atom is 0.123 e. The average Bonchev–Trinajstić information content (AvgIpc) is 2.35. The minimum atomic E-state index is -1.09. The molecular weight excluding hydrogens is 367 g/mol. The molecule has 0 N–H and O–H groups in total. The first-order chi connectivity index (χ1) is 8.76.